The van der Waals surface area contributed by atoms with Crippen LogP contribution in [0.2, 0.25) is 0 Å². The molecule has 0 bridgehead atoms. The number of hydrogen-bond acceptors (Lipinski definition) is 8. The summed E-state index contributed by atoms with van der Waals surface area (Å²) < 4.78 is 8.29. The van der Waals surface area contributed by atoms with Crippen LogP contribution in [0.25, 0.3) is 20.3 Å². The van der Waals surface area contributed by atoms with Gasteiger partial charge in [0.1, 0.15) is 0 Å². The van der Waals surface area contributed by atoms with E-state index in [0.29, 0.717) is 38.4 Å². The normalized spacial score (nSPS) is 12.0. The predicted octanol–water partition coefficient (Wildman–Crippen LogP) is 4.12. The van der Waals surface area contributed by atoms with Crippen molar-refractivity contribution in [2.45, 2.75) is 6.54 Å². The van der Waals surface area contributed by atoms with Crippen molar-refractivity contribution >= 4 is 60.3 Å². The SMILES string of the molecule is COCCn1c(=NC(=O)c2cc3cc([N+](=O)[O-])ccc3s2)sc2cc([N+](=O)[O-])ccc21. The zero-order valence-electron chi connectivity index (χ0n) is 16.0. The third kappa shape index (κ3) is 4.08. The number of rotatable bonds is 6. The number of nitro benzene ring substituents is 2. The van der Waals surface area contributed by atoms with E-state index in [0.717, 1.165) is 4.70 Å². The van der Waals surface area contributed by atoms with E-state index in [1.807, 2.05) is 0 Å². The monoisotopic (exact) mass is 458 g/mol. The van der Waals surface area contributed by atoms with Crippen LogP contribution in [0.15, 0.2) is 47.5 Å². The van der Waals surface area contributed by atoms with Gasteiger partial charge in [-0.3, -0.25) is 25.0 Å². The van der Waals surface area contributed by atoms with Gasteiger partial charge in [-0.05, 0) is 18.2 Å². The highest BCUT2D eigenvalue weighted by Crippen LogP contribution is 2.29. The van der Waals surface area contributed by atoms with E-state index in [4.69, 9.17) is 4.74 Å². The van der Waals surface area contributed by atoms with Gasteiger partial charge in [0.15, 0.2) is 4.80 Å². The number of carbonyl (C=O) groups is 1. The molecule has 1 amide bonds. The number of thiazole rings is 1. The van der Waals surface area contributed by atoms with E-state index in [-0.39, 0.29) is 11.4 Å². The number of hydrogen-bond donors (Lipinski definition) is 0. The molecule has 0 spiro atoms. The zero-order chi connectivity index (χ0) is 22.1. The molecule has 158 valence electrons. The summed E-state index contributed by atoms with van der Waals surface area (Å²) in [6, 6.07) is 10.5. The van der Waals surface area contributed by atoms with Gasteiger partial charge in [0.25, 0.3) is 17.3 Å². The molecule has 0 aliphatic rings. The molecule has 0 aliphatic heterocycles. The van der Waals surface area contributed by atoms with Gasteiger partial charge < -0.3 is 9.30 Å². The number of carbonyl (C=O) groups excluding carboxylic acids is 1. The average Bonchev–Trinajstić information content (AvgIpc) is 3.32. The first-order valence-corrected chi connectivity index (χ1v) is 10.5. The zero-order valence-corrected chi connectivity index (χ0v) is 17.6. The number of thiophene rings is 1. The summed E-state index contributed by atoms with van der Waals surface area (Å²) in [6.45, 7) is 0.787. The van der Waals surface area contributed by atoms with Crippen LogP contribution in [0.5, 0.6) is 0 Å². The Morgan fingerprint density at radius 3 is 2.45 bits per heavy atom. The largest absolute Gasteiger partial charge is 0.383 e. The van der Waals surface area contributed by atoms with Crippen LogP contribution < -0.4 is 4.80 Å². The maximum atomic E-state index is 12.8. The van der Waals surface area contributed by atoms with Gasteiger partial charge in [0.2, 0.25) is 0 Å². The Morgan fingerprint density at radius 2 is 1.74 bits per heavy atom. The molecule has 0 saturated carbocycles. The molecule has 12 heteroatoms. The molecule has 4 rings (SSSR count). The Morgan fingerprint density at radius 1 is 1.03 bits per heavy atom. The molecule has 4 aromatic rings. The van der Waals surface area contributed by atoms with Crippen molar-refractivity contribution in [2.75, 3.05) is 13.7 Å². The summed E-state index contributed by atoms with van der Waals surface area (Å²) in [7, 11) is 1.55. The molecule has 0 aliphatic carbocycles. The first kappa shape index (κ1) is 20.8. The smallest absolute Gasteiger partial charge is 0.289 e. The van der Waals surface area contributed by atoms with E-state index in [2.05, 4.69) is 4.99 Å². The molecule has 2 aromatic heterocycles. The van der Waals surface area contributed by atoms with Gasteiger partial charge in [0.05, 0.1) is 31.5 Å². The van der Waals surface area contributed by atoms with Gasteiger partial charge in [-0.2, -0.15) is 4.99 Å². The van der Waals surface area contributed by atoms with Gasteiger partial charge in [0, 0.05) is 48.0 Å². The predicted molar refractivity (Wildman–Crippen MR) is 117 cm³/mol. The van der Waals surface area contributed by atoms with Crippen molar-refractivity contribution in [3.05, 3.63) is 72.4 Å². The molecule has 0 fully saturated rings. The van der Waals surface area contributed by atoms with Crippen molar-refractivity contribution in [3.8, 4) is 0 Å². The number of nitro groups is 2. The van der Waals surface area contributed by atoms with Gasteiger partial charge in [-0.25, -0.2) is 0 Å². The number of methoxy groups -OCH3 is 1. The number of nitrogens with zero attached hydrogens (tertiary/aromatic N) is 4. The van der Waals surface area contributed by atoms with Gasteiger partial charge in [-0.15, -0.1) is 11.3 Å². The van der Waals surface area contributed by atoms with E-state index in [1.54, 1.807) is 29.9 Å². The molecule has 31 heavy (non-hydrogen) atoms. The summed E-state index contributed by atoms with van der Waals surface area (Å²) in [5, 5.41) is 22.7. The highest BCUT2D eigenvalue weighted by atomic mass is 32.1. The first-order chi connectivity index (χ1) is 14.9. The molecule has 2 heterocycles. The lowest BCUT2D eigenvalue weighted by atomic mass is 10.2. The van der Waals surface area contributed by atoms with E-state index < -0.39 is 15.8 Å². The third-order valence-corrected chi connectivity index (χ3v) is 6.66. The first-order valence-electron chi connectivity index (χ1n) is 8.91. The molecule has 0 radical (unpaired) electrons. The van der Waals surface area contributed by atoms with Crippen molar-refractivity contribution in [1.82, 2.24) is 4.57 Å². The van der Waals surface area contributed by atoms with Crippen LogP contribution in [0.4, 0.5) is 11.4 Å². The molecular weight excluding hydrogens is 444 g/mol. The Hall–Kier alpha value is -3.48. The number of amides is 1. The second-order valence-electron chi connectivity index (χ2n) is 6.45. The molecular formula is C19H14N4O6S2. The summed E-state index contributed by atoms with van der Waals surface area (Å²) in [6.07, 6.45) is 0. The van der Waals surface area contributed by atoms with E-state index in [9.17, 15) is 25.0 Å². The lowest BCUT2D eigenvalue weighted by molar-refractivity contribution is -0.384. The molecule has 0 N–H and O–H groups in total. The fraction of sp³-hybridized carbons (Fsp3) is 0.158. The fourth-order valence-corrected chi connectivity index (χ4v) is 5.07. The summed E-state index contributed by atoms with van der Waals surface area (Å²) >= 11 is 2.37. The molecule has 0 atom stereocenters. The number of aromatic nitrogens is 1. The van der Waals surface area contributed by atoms with Crippen molar-refractivity contribution < 1.29 is 19.4 Å². The van der Waals surface area contributed by atoms with Crippen LogP contribution in [-0.4, -0.2) is 34.0 Å². The second-order valence-corrected chi connectivity index (χ2v) is 8.54. The topological polar surface area (TPSA) is 130 Å². The van der Waals surface area contributed by atoms with Crippen LogP contribution in [-0.2, 0) is 11.3 Å². The maximum Gasteiger partial charge on any atom is 0.289 e. The standard InChI is InChI=1S/C19H14N4O6S2/c1-29-7-6-21-14-4-2-13(23(27)28)10-16(14)31-19(21)20-18(24)17-9-11-8-12(22(25)26)3-5-15(11)30-17/h2-5,8-10H,6-7H2,1H3. The van der Waals surface area contributed by atoms with Gasteiger partial charge >= 0.3 is 0 Å². The molecule has 2 aromatic carbocycles. The second kappa shape index (κ2) is 8.34. The minimum Gasteiger partial charge on any atom is -0.383 e. The van der Waals surface area contributed by atoms with Crippen molar-refractivity contribution in [3.63, 3.8) is 0 Å². The Kier molecular flexibility index (Phi) is 5.59. The Bertz CT molecular complexity index is 1420. The lowest BCUT2D eigenvalue weighted by Crippen LogP contribution is -2.19. The number of benzene rings is 2. The van der Waals surface area contributed by atoms with Crippen LogP contribution in [0.1, 0.15) is 9.67 Å². The molecule has 10 nitrogen and oxygen atoms in total. The quantitative estimate of drug-likeness (QED) is 0.316. The minimum atomic E-state index is -0.490. The van der Waals surface area contributed by atoms with E-state index in [1.165, 1.54) is 46.9 Å². The van der Waals surface area contributed by atoms with Crippen LogP contribution in [0, 0.1) is 20.2 Å². The Balaban J connectivity index is 1.79. The maximum absolute atomic E-state index is 12.8. The number of fused-ring (bicyclic) bond motifs is 2. The Labute approximate surface area is 181 Å². The fourth-order valence-electron chi connectivity index (χ4n) is 3.05. The highest BCUT2D eigenvalue weighted by Gasteiger charge is 2.16. The average molecular weight is 458 g/mol. The van der Waals surface area contributed by atoms with Crippen molar-refractivity contribution in [1.29, 1.82) is 0 Å². The van der Waals surface area contributed by atoms with Gasteiger partial charge in [-0.1, -0.05) is 11.3 Å². The summed E-state index contributed by atoms with van der Waals surface area (Å²) in [5.74, 6) is -0.490. The highest BCUT2D eigenvalue weighted by molar-refractivity contribution is 7.21. The number of ether oxygens (including phenoxy) is 1. The van der Waals surface area contributed by atoms with Crippen LogP contribution in [0.3, 0.4) is 0 Å². The van der Waals surface area contributed by atoms with Crippen molar-refractivity contribution in [2.24, 2.45) is 4.99 Å². The molecule has 0 saturated heterocycles. The van der Waals surface area contributed by atoms with E-state index >= 15 is 0 Å². The molecule has 0 unspecified atom stereocenters. The number of non-ortho nitro benzene ring substituents is 2. The summed E-state index contributed by atoms with van der Waals surface area (Å²) in [4.78, 5) is 38.9. The lowest BCUT2D eigenvalue weighted by Gasteiger charge is -2.03. The third-order valence-electron chi connectivity index (χ3n) is 4.51. The minimum absolute atomic E-state index is 0.0448. The summed E-state index contributed by atoms with van der Waals surface area (Å²) in [5.41, 5.74) is 0.618. The van der Waals surface area contributed by atoms with Crippen LogP contribution >= 0.6 is 22.7 Å².